The third-order valence-corrected chi connectivity index (χ3v) is 2.78. The van der Waals surface area contributed by atoms with Crippen LogP contribution in [-0.4, -0.2) is 29.1 Å². The summed E-state index contributed by atoms with van der Waals surface area (Å²) in [5.41, 5.74) is 11.0. The average molecular weight is 199 g/mol. The quantitative estimate of drug-likeness (QED) is 0.713. The van der Waals surface area contributed by atoms with Gasteiger partial charge >= 0.3 is 6.03 Å². The van der Waals surface area contributed by atoms with Gasteiger partial charge in [0.25, 0.3) is 0 Å². The van der Waals surface area contributed by atoms with Crippen molar-refractivity contribution in [3.63, 3.8) is 0 Å². The number of hydrogen-bond donors (Lipinski definition) is 2. The highest BCUT2D eigenvalue weighted by Gasteiger charge is 2.28. The van der Waals surface area contributed by atoms with Crippen molar-refractivity contribution < 1.29 is 4.79 Å². The number of likely N-dealkylation sites (tertiary alicyclic amines) is 1. The topological polar surface area (TPSA) is 72.3 Å². The van der Waals surface area contributed by atoms with E-state index in [2.05, 4.69) is 0 Å². The number of nitrogens with zero attached hydrogens (tertiary/aromatic N) is 1. The standard InChI is InChI=1S/C10H21N3O/c1-10(2,12)6-5-8-4-3-7-13(8)9(11)14/h8H,3-7,12H2,1-2H3,(H2,11,14). The first-order valence-electron chi connectivity index (χ1n) is 5.25. The number of primary amides is 1. The number of carbonyl (C=O) groups is 1. The zero-order valence-electron chi connectivity index (χ0n) is 9.12. The summed E-state index contributed by atoms with van der Waals surface area (Å²) in [4.78, 5) is 12.8. The Morgan fingerprint density at radius 2 is 2.21 bits per heavy atom. The third-order valence-electron chi connectivity index (χ3n) is 2.78. The van der Waals surface area contributed by atoms with Crippen molar-refractivity contribution in [2.24, 2.45) is 11.5 Å². The van der Waals surface area contributed by atoms with Gasteiger partial charge in [-0.05, 0) is 39.5 Å². The summed E-state index contributed by atoms with van der Waals surface area (Å²) >= 11 is 0. The molecule has 1 atom stereocenters. The van der Waals surface area contributed by atoms with Crippen LogP contribution in [-0.2, 0) is 0 Å². The predicted molar refractivity (Wildman–Crippen MR) is 56.8 cm³/mol. The molecule has 0 spiro atoms. The Bertz CT molecular complexity index is 210. The van der Waals surface area contributed by atoms with Gasteiger partial charge in [0.05, 0.1) is 0 Å². The van der Waals surface area contributed by atoms with E-state index < -0.39 is 0 Å². The normalized spacial score (nSPS) is 22.8. The fraction of sp³-hybridized carbons (Fsp3) is 0.900. The summed E-state index contributed by atoms with van der Waals surface area (Å²) in [6, 6.07) is 0.0256. The molecule has 0 aromatic heterocycles. The van der Waals surface area contributed by atoms with E-state index in [4.69, 9.17) is 11.5 Å². The van der Waals surface area contributed by atoms with Gasteiger partial charge in [-0.3, -0.25) is 0 Å². The van der Waals surface area contributed by atoms with E-state index in [1.54, 1.807) is 4.90 Å². The lowest BCUT2D eigenvalue weighted by Crippen LogP contribution is -2.41. The van der Waals surface area contributed by atoms with Gasteiger partial charge in [0.15, 0.2) is 0 Å². The molecule has 1 aliphatic heterocycles. The highest BCUT2D eigenvalue weighted by Crippen LogP contribution is 2.23. The minimum Gasteiger partial charge on any atom is -0.351 e. The van der Waals surface area contributed by atoms with E-state index in [1.807, 2.05) is 13.8 Å². The van der Waals surface area contributed by atoms with Crippen LogP contribution in [0.3, 0.4) is 0 Å². The average Bonchev–Trinajstić information content (AvgIpc) is 2.46. The summed E-state index contributed by atoms with van der Waals surface area (Å²) in [7, 11) is 0. The molecule has 82 valence electrons. The van der Waals surface area contributed by atoms with Gasteiger partial charge in [-0.1, -0.05) is 0 Å². The minimum absolute atomic E-state index is 0.147. The molecule has 0 aromatic rings. The Labute approximate surface area is 85.6 Å². The van der Waals surface area contributed by atoms with Crippen LogP contribution in [0.5, 0.6) is 0 Å². The first-order chi connectivity index (χ1) is 6.40. The van der Waals surface area contributed by atoms with Gasteiger partial charge in [0.1, 0.15) is 0 Å². The molecule has 1 fully saturated rings. The van der Waals surface area contributed by atoms with E-state index in [0.717, 1.165) is 32.2 Å². The van der Waals surface area contributed by atoms with Crippen molar-refractivity contribution in [1.82, 2.24) is 4.90 Å². The number of nitrogens with two attached hydrogens (primary N) is 2. The number of urea groups is 1. The number of amides is 2. The Balaban J connectivity index is 2.40. The fourth-order valence-corrected chi connectivity index (χ4v) is 1.96. The maximum absolute atomic E-state index is 11.1. The summed E-state index contributed by atoms with van der Waals surface area (Å²) < 4.78 is 0. The largest absolute Gasteiger partial charge is 0.351 e. The molecular formula is C10H21N3O. The Morgan fingerprint density at radius 3 is 2.71 bits per heavy atom. The molecule has 0 aromatic carbocycles. The second kappa shape index (κ2) is 4.17. The van der Waals surface area contributed by atoms with Crippen LogP contribution in [0.15, 0.2) is 0 Å². The lowest BCUT2D eigenvalue weighted by molar-refractivity contribution is 0.196. The van der Waals surface area contributed by atoms with Crippen molar-refractivity contribution in [3.05, 3.63) is 0 Å². The van der Waals surface area contributed by atoms with Crippen LogP contribution in [0.25, 0.3) is 0 Å². The van der Waals surface area contributed by atoms with E-state index in [0.29, 0.717) is 6.04 Å². The summed E-state index contributed by atoms with van der Waals surface area (Å²) in [5, 5.41) is 0. The van der Waals surface area contributed by atoms with Gasteiger partial charge in [-0.15, -0.1) is 0 Å². The smallest absolute Gasteiger partial charge is 0.315 e. The van der Waals surface area contributed by atoms with Gasteiger partial charge in [0.2, 0.25) is 0 Å². The zero-order valence-corrected chi connectivity index (χ0v) is 9.12. The van der Waals surface area contributed by atoms with E-state index in [9.17, 15) is 4.79 Å². The summed E-state index contributed by atoms with van der Waals surface area (Å²) in [6.07, 6.45) is 4.03. The third kappa shape index (κ3) is 3.18. The molecule has 1 unspecified atom stereocenters. The number of hydrogen-bond acceptors (Lipinski definition) is 2. The van der Waals surface area contributed by atoms with E-state index in [-0.39, 0.29) is 11.6 Å². The molecule has 14 heavy (non-hydrogen) atoms. The molecule has 1 heterocycles. The molecule has 0 bridgehead atoms. The fourth-order valence-electron chi connectivity index (χ4n) is 1.96. The zero-order chi connectivity index (χ0) is 10.8. The van der Waals surface area contributed by atoms with Gasteiger partial charge in [-0.2, -0.15) is 0 Å². The van der Waals surface area contributed by atoms with Gasteiger partial charge in [-0.25, -0.2) is 4.79 Å². The highest BCUT2D eigenvalue weighted by atomic mass is 16.2. The van der Waals surface area contributed by atoms with Crippen LogP contribution in [0.4, 0.5) is 4.79 Å². The van der Waals surface area contributed by atoms with Crippen LogP contribution >= 0.6 is 0 Å². The van der Waals surface area contributed by atoms with Crippen LogP contribution in [0.1, 0.15) is 39.5 Å². The van der Waals surface area contributed by atoms with Crippen LogP contribution < -0.4 is 11.5 Å². The van der Waals surface area contributed by atoms with Gasteiger partial charge in [0, 0.05) is 18.1 Å². The summed E-state index contributed by atoms with van der Waals surface area (Å²) in [6.45, 7) is 4.83. The van der Waals surface area contributed by atoms with Crippen molar-refractivity contribution in [1.29, 1.82) is 0 Å². The molecule has 1 saturated heterocycles. The van der Waals surface area contributed by atoms with Crippen LogP contribution in [0.2, 0.25) is 0 Å². The molecule has 1 rings (SSSR count). The lowest BCUT2D eigenvalue weighted by Gasteiger charge is -2.26. The van der Waals surface area contributed by atoms with Crippen molar-refractivity contribution >= 4 is 6.03 Å². The van der Waals surface area contributed by atoms with E-state index in [1.165, 1.54) is 0 Å². The van der Waals surface area contributed by atoms with Crippen molar-refractivity contribution in [2.75, 3.05) is 6.54 Å². The number of carbonyl (C=O) groups excluding carboxylic acids is 1. The maximum Gasteiger partial charge on any atom is 0.315 e. The monoisotopic (exact) mass is 199 g/mol. The molecular weight excluding hydrogens is 178 g/mol. The molecule has 4 N–H and O–H groups in total. The summed E-state index contributed by atoms with van der Waals surface area (Å²) in [5.74, 6) is 0. The minimum atomic E-state index is -0.290. The van der Waals surface area contributed by atoms with Gasteiger partial charge < -0.3 is 16.4 Å². The second-order valence-corrected chi connectivity index (χ2v) is 4.85. The Kier molecular flexibility index (Phi) is 3.37. The Morgan fingerprint density at radius 1 is 1.57 bits per heavy atom. The lowest BCUT2D eigenvalue weighted by atomic mass is 9.96. The molecule has 0 radical (unpaired) electrons. The first-order valence-corrected chi connectivity index (χ1v) is 5.25. The first kappa shape index (κ1) is 11.3. The van der Waals surface area contributed by atoms with Crippen molar-refractivity contribution in [3.8, 4) is 0 Å². The second-order valence-electron chi connectivity index (χ2n) is 4.85. The predicted octanol–water partition coefficient (Wildman–Crippen LogP) is 1.05. The van der Waals surface area contributed by atoms with E-state index >= 15 is 0 Å². The SMILES string of the molecule is CC(C)(N)CCC1CCCN1C(N)=O. The number of rotatable bonds is 3. The maximum atomic E-state index is 11.1. The molecule has 0 aliphatic carbocycles. The van der Waals surface area contributed by atoms with Crippen LogP contribution in [0, 0.1) is 0 Å². The molecule has 4 nitrogen and oxygen atoms in total. The Hall–Kier alpha value is -0.770. The van der Waals surface area contributed by atoms with Crippen molar-refractivity contribution in [2.45, 2.75) is 51.1 Å². The highest BCUT2D eigenvalue weighted by molar-refractivity contribution is 5.72. The molecule has 0 saturated carbocycles. The molecule has 2 amide bonds. The molecule has 1 aliphatic rings. The molecule has 4 heteroatoms.